The van der Waals surface area contributed by atoms with Crippen LogP contribution in [0.2, 0.25) is 0 Å². The minimum Gasteiger partial charge on any atom is -0.256 e. The van der Waals surface area contributed by atoms with Gasteiger partial charge in [0.25, 0.3) is 0 Å². The molecule has 0 spiro atoms. The predicted molar refractivity (Wildman–Crippen MR) is 80.8 cm³/mol. The van der Waals surface area contributed by atoms with Crippen molar-refractivity contribution < 1.29 is 0 Å². The van der Waals surface area contributed by atoms with Crippen LogP contribution in [0.25, 0.3) is 17.3 Å². The Morgan fingerprint density at radius 1 is 1.11 bits per heavy atom. The molecule has 0 N–H and O–H groups in total. The van der Waals surface area contributed by atoms with Gasteiger partial charge in [-0.25, -0.2) is 0 Å². The molecule has 1 heteroatoms. The third kappa shape index (κ3) is 2.46. The second kappa shape index (κ2) is 5.00. The lowest BCUT2D eigenvalue weighted by Gasteiger charge is -2.06. The number of allylic oxidation sites excluding steroid dienone is 1. The number of aromatic nitrogens is 1. The van der Waals surface area contributed by atoms with Gasteiger partial charge in [-0.2, -0.15) is 0 Å². The summed E-state index contributed by atoms with van der Waals surface area (Å²) in [6.45, 7) is 4.56. The summed E-state index contributed by atoms with van der Waals surface area (Å²) < 4.78 is 0. The Balaban J connectivity index is 2.02. The highest BCUT2D eigenvalue weighted by Crippen LogP contribution is 2.35. The predicted octanol–water partition coefficient (Wildman–Crippen LogP) is 4.73. The van der Waals surface area contributed by atoms with E-state index in [1.165, 1.54) is 23.1 Å². The van der Waals surface area contributed by atoms with Crippen LogP contribution in [0.5, 0.6) is 0 Å². The van der Waals surface area contributed by atoms with Gasteiger partial charge in [-0.1, -0.05) is 49.8 Å². The molecule has 0 unspecified atom stereocenters. The smallest absolute Gasteiger partial charge is 0.0708 e. The SMILES string of the molecule is CC(C)CC1=Cc2c(cccc2-c2ccccn2)C1. The molecule has 1 aliphatic carbocycles. The normalized spacial score (nSPS) is 13.5. The fraction of sp³-hybridized carbons (Fsp3) is 0.278. The van der Waals surface area contributed by atoms with Crippen molar-refractivity contribution in [3.8, 4) is 11.3 Å². The lowest BCUT2D eigenvalue weighted by atomic mass is 10.00. The fourth-order valence-electron chi connectivity index (χ4n) is 2.84. The first kappa shape index (κ1) is 12.2. The van der Waals surface area contributed by atoms with E-state index in [-0.39, 0.29) is 0 Å². The zero-order chi connectivity index (χ0) is 13.2. The van der Waals surface area contributed by atoms with E-state index in [0.717, 1.165) is 18.0 Å². The maximum Gasteiger partial charge on any atom is 0.0708 e. The lowest BCUT2D eigenvalue weighted by molar-refractivity contribution is 0.638. The summed E-state index contributed by atoms with van der Waals surface area (Å²) in [5.74, 6) is 0.721. The van der Waals surface area contributed by atoms with E-state index in [2.05, 4.69) is 55.2 Å². The van der Waals surface area contributed by atoms with Crippen molar-refractivity contribution in [1.29, 1.82) is 0 Å². The lowest BCUT2D eigenvalue weighted by Crippen LogP contribution is -1.91. The van der Waals surface area contributed by atoms with E-state index >= 15 is 0 Å². The topological polar surface area (TPSA) is 12.9 Å². The van der Waals surface area contributed by atoms with Gasteiger partial charge in [0.15, 0.2) is 0 Å². The van der Waals surface area contributed by atoms with Crippen LogP contribution in [0.4, 0.5) is 0 Å². The van der Waals surface area contributed by atoms with Crippen LogP contribution >= 0.6 is 0 Å². The zero-order valence-corrected chi connectivity index (χ0v) is 11.6. The summed E-state index contributed by atoms with van der Waals surface area (Å²) in [5, 5.41) is 0. The van der Waals surface area contributed by atoms with Crippen LogP contribution in [0, 0.1) is 5.92 Å². The second-order valence-corrected chi connectivity index (χ2v) is 5.67. The van der Waals surface area contributed by atoms with Crippen LogP contribution in [-0.4, -0.2) is 4.98 Å². The summed E-state index contributed by atoms with van der Waals surface area (Å²) in [6.07, 6.45) is 6.53. The highest BCUT2D eigenvalue weighted by molar-refractivity contribution is 5.79. The summed E-state index contributed by atoms with van der Waals surface area (Å²) in [5.41, 5.74) is 6.70. The van der Waals surface area contributed by atoms with Crippen LogP contribution in [0.15, 0.2) is 48.2 Å². The molecular formula is C18H19N. The molecular weight excluding hydrogens is 230 g/mol. The minimum atomic E-state index is 0.721. The fourth-order valence-corrected chi connectivity index (χ4v) is 2.84. The van der Waals surface area contributed by atoms with Crippen molar-refractivity contribution in [2.45, 2.75) is 26.7 Å². The molecule has 3 rings (SSSR count). The largest absolute Gasteiger partial charge is 0.256 e. The van der Waals surface area contributed by atoms with Crippen molar-refractivity contribution in [3.63, 3.8) is 0 Å². The Labute approximate surface area is 115 Å². The number of nitrogens with zero attached hydrogens (tertiary/aromatic N) is 1. The highest BCUT2D eigenvalue weighted by Gasteiger charge is 2.17. The summed E-state index contributed by atoms with van der Waals surface area (Å²) >= 11 is 0. The van der Waals surface area contributed by atoms with Gasteiger partial charge < -0.3 is 0 Å². The maximum absolute atomic E-state index is 4.48. The van der Waals surface area contributed by atoms with Crippen molar-refractivity contribution >= 4 is 6.08 Å². The molecule has 0 atom stereocenters. The number of hydrogen-bond donors (Lipinski definition) is 0. The molecule has 1 aromatic heterocycles. The van der Waals surface area contributed by atoms with Crippen molar-refractivity contribution in [2.75, 3.05) is 0 Å². The van der Waals surface area contributed by atoms with E-state index in [9.17, 15) is 0 Å². The third-order valence-electron chi connectivity index (χ3n) is 3.57. The monoisotopic (exact) mass is 249 g/mol. The summed E-state index contributed by atoms with van der Waals surface area (Å²) in [6, 6.07) is 12.7. The number of pyridine rings is 1. The van der Waals surface area contributed by atoms with E-state index in [4.69, 9.17) is 0 Å². The number of fused-ring (bicyclic) bond motifs is 1. The molecule has 0 fully saturated rings. The van der Waals surface area contributed by atoms with Crippen molar-refractivity contribution in [3.05, 3.63) is 59.3 Å². The quantitative estimate of drug-likeness (QED) is 0.766. The molecule has 0 saturated heterocycles. The van der Waals surface area contributed by atoms with E-state index in [0.29, 0.717) is 0 Å². The molecule has 1 nitrogen and oxygen atoms in total. The Hall–Kier alpha value is -1.89. The van der Waals surface area contributed by atoms with Crippen molar-refractivity contribution in [1.82, 2.24) is 4.98 Å². The summed E-state index contributed by atoms with van der Waals surface area (Å²) in [4.78, 5) is 4.48. The third-order valence-corrected chi connectivity index (χ3v) is 3.57. The van der Waals surface area contributed by atoms with E-state index in [1.54, 1.807) is 5.57 Å². The average molecular weight is 249 g/mol. The van der Waals surface area contributed by atoms with Gasteiger partial charge >= 0.3 is 0 Å². The van der Waals surface area contributed by atoms with Gasteiger partial charge in [-0.05, 0) is 42.0 Å². The molecule has 0 radical (unpaired) electrons. The standard InChI is InChI=1S/C18H19N/c1-13(2)10-14-11-15-6-5-7-16(17(15)12-14)18-8-3-4-9-19-18/h3-9,12-13H,10-11H2,1-2H3. The molecule has 0 bridgehead atoms. The first-order chi connectivity index (χ1) is 9.24. The zero-order valence-electron chi connectivity index (χ0n) is 11.6. The van der Waals surface area contributed by atoms with Crippen LogP contribution in [-0.2, 0) is 6.42 Å². The molecule has 2 aromatic rings. The molecule has 1 aliphatic rings. The van der Waals surface area contributed by atoms with Gasteiger partial charge in [0.2, 0.25) is 0 Å². The van der Waals surface area contributed by atoms with Crippen LogP contribution < -0.4 is 0 Å². The van der Waals surface area contributed by atoms with Gasteiger partial charge in [0.1, 0.15) is 0 Å². The molecule has 1 heterocycles. The molecule has 19 heavy (non-hydrogen) atoms. The Morgan fingerprint density at radius 3 is 2.74 bits per heavy atom. The average Bonchev–Trinajstić information content (AvgIpc) is 2.80. The van der Waals surface area contributed by atoms with Gasteiger partial charge in [0, 0.05) is 11.8 Å². The maximum atomic E-state index is 4.48. The first-order valence-electron chi connectivity index (χ1n) is 6.97. The molecule has 0 saturated carbocycles. The highest BCUT2D eigenvalue weighted by atomic mass is 14.7. The molecule has 1 aromatic carbocycles. The number of rotatable bonds is 3. The number of benzene rings is 1. The van der Waals surface area contributed by atoms with Gasteiger partial charge in [-0.3, -0.25) is 4.98 Å². The van der Waals surface area contributed by atoms with Gasteiger partial charge in [-0.15, -0.1) is 0 Å². The van der Waals surface area contributed by atoms with Crippen LogP contribution in [0.3, 0.4) is 0 Å². The van der Waals surface area contributed by atoms with E-state index in [1.807, 2.05) is 12.3 Å². The molecule has 0 amide bonds. The second-order valence-electron chi connectivity index (χ2n) is 5.67. The van der Waals surface area contributed by atoms with Crippen LogP contribution in [0.1, 0.15) is 31.4 Å². The Morgan fingerprint density at radius 2 is 2.00 bits per heavy atom. The Kier molecular flexibility index (Phi) is 3.20. The Bertz CT molecular complexity index is 609. The number of hydrogen-bond acceptors (Lipinski definition) is 1. The first-order valence-corrected chi connectivity index (χ1v) is 6.97. The molecule has 0 aliphatic heterocycles. The summed E-state index contributed by atoms with van der Waals surface area (Å²) in [7, 11) is 0. The van der Waals surface area contributed by atoms with Crippen molar-refractivity contribution in [2.24, 2.45) is 5.92 Å². The van der Waals surface area contributed by atoms with Gasteiger partial charge in [0.05, 0.1) is 5.69 Å². The molecule has 96 valence electrons. The minimum absolute atomic E-state index is 0.721. The van der Waals surface area contributed by atoms with E-state index < -0.39 is 0 Å².